The lowest BCUT2D eigenvalue weighted by Crippen LogP contribution is -2.29. The van der Waals surface area contributed by atoms with Crippen molar-refractivity contribution in [2.45, 2.75) is 26.3 Å². The number of rotatable bonds is 6. The highest BCUT2D eigenvalue weighted by molar-refractivity contribution is 5.93. The fourth-order valence-corrected chi connectivity index (χ4v) is 2.64. The first-order valence-corrected chi connectivity index (χ1v) is 8.44. The Labute approximate surface area is 162 Å². The predicted molar refractivity (Wildman–Crippen MR) is 94.2 cm³/mol. The number of benzene rings is 2. The fourth-order valence-electron chi connectivity index (χ4n) is 2.64. The smallest absolute Gasteiger partial charge is 0.406 e. The van der Waals surface area contributed by atoms with Crippen molar-refractivity contribution in [1.29, 1.82) is 0 Å². The van der Waals surface area contributed by atoms with Crippen LogP contribution in [0.3, 0.4) is 0 Å². The second kappa shape index (κ2) is 8.25. The number of hydrogen-bond donors (Lipinski definition) is 1. The summed E-state index contributed by atoms with van der Waals surface area (Å²) in [6.07, 6.45) is -4.65. The lowest BCUT2D eigenvalue weighted by molar-refractivity contribution is -0.274. The van der Waals surface area contributed by atoms with Gasteiger partial charge in [0.05, 0.1) is 6.54 Å². The van der Waals surface area contributed by atoms with Crippen molar-refractivity contribution in [3.63, 3.8) is 0 Å². The molecule has 0 spiro atoms. The fraction of sp³-hybridized carbons (Fsp3) is 0.222. The predicted octanol–water partition coefficient (Wildman–Crippen LogP) is 3.85. The van der Waals surface area contributed by atoms with Crippen LogP contribution in [0.5, 0.6) is 5.75 Å². The zero-order chi connectivity index (χ0) is 21.0. The van der Waals surface area contributed by atoms with Crippen LogP contribution in [0.1, 0.15) is 18.9 Å². The molecule has 0 unspecified atom stereocenters. The molecule has 0 bridgehead atoms. The Morgan fingerprint density at radius 2 is 1.90 bits per heavy atom. The van der Waals surface area contributed by atoms with Gasteiger partial charge in [0.1, 0.15) is 11.6 Å². The maximum atomic E-state index is 14.1. The first-order chi connectivity index (χ1) is 13.7. The minimum Gasteiger partial charge on any atom is -0.406 e. The molecule has 1 N–H and O–H groups in total. The number of anilines is 1. The highest BCUT2D eigenvalue weighted by Gasteiger charge is 2.31. The van der Waals surface area contributed by atoms with Crippen molar-refractivity contribution in [1.82, 2.24) is 20.6 Å². The number of ether oxygens (including phenoxy) is 1. The average Bonchev–Trinajstić information content (AvgIpc) is 3.20. The van der Waals surface area contributed by atoms with Crippen LogP contribution in [0.15, 0.2) is 42.5 Å². The standard InChI is InChI=1S/C18H15F4N5O2/c1-2-16(28)27(10-11-3-5-15(6-4-11)29-18(20,21)22)14-8-12(7-13(19)9-14)17-23-25-26-24-17/h3-9H,2,10H2,1H3,(H,23,24,25,26). The normalized spacial score (nSPS) is 11.3. The van der Waals surface area contributed by atoms with E-state index in [0.29, 0.717) is 11.1 Å². The Balaban J connectivity index is 1.88. The minimum absolute atomic E-state index is 0.0219. The van der Waals surface area contributed by atoms with Crippen molar-refractivity contribution in [3.05, 3.63) is 53.8 Å². The summed E-state index contributed by atoms with van der Waals surface area (Å²) in [5.41, 5.74) is 1.11. The Bertz CT molecular complexity index is 975. The summed E-state index contributed by atoms with van der Waals surface area (Å²) < 4.78 is 54.9. The lowest BCUT2D eigenvalue weighted by Gasteiger charge is -2.23. The van der Waals surface area contributed by atoms with Crippen molar-refractivity contribution >= 4 is 11.6 Å². The molecule has 0 fully saturated rings. The van der Waals surface area contributed by atoms with Crippen LogP contribution in [0.25, 0.3) is 11.4 Å². The number of carbonyl (C=O) groups excluding carboxylic acids is 1. The molecule has 0 aliphatic carbocycles. The summed E-state index contributed by atoms with van der Waals surface area (Å²) in [5, 5.41) is 13.3. The highest BCUT2D eigenvalue weighted by atomic mass is 19.4. The van der Waals surface area contributed by atoms with E-state index in [-0.39, 0.29) is 36.1 Å². The van der Waals surface area contributed by atoms with Crippen molar-refractivity contribution < 1.29 is 27.1 Å². The molecule has 29 heavy (non-hydrogen) atoms. The van der Waals surface area contributed by atoms with Gasteiger partial charge in [-0.25, -0.2) is 4.39 Å². The largest absolute Gasteiger partial charge is 0.573 e. The summed E-state index contributed by atoms with van der Waals surface area (Å²) in [4.78, 5) is 13.8. The molecule has 0 radical (unpaired) electrons. The van der Waals surface area contributed by atoms with Crippen LogP contribution in [-0.2, 0) is 11.3 Å². The average molecular weight is 409 g/mol. The van der Waals surface area contributed by atoms with Gasteiger partial charge in [0.2, 0.25) is 11.7 Å². The molecule has 0 saturated carbocycles. The first-order valence-electron chi connectivity index (χ1n) is 8.44. The molecule has 0 aliphatic heterocycles. The maximum Gasteiger partial charge on any atom is 0.573 e. The number of nitrogens with zero attached hydrogens (tertiary/aromatic N) is 4. The Kier molecular flexibility index (Phi) is 5.76. The zero-order valence-corrected chi connectivity index (χ0v) is 15.1. The van der Waals surface area contributed by atoms with Gasteiger partial charge in [-0.2, -0.15) is 5.21 Å². The molecule has 0 saturated heterocycles. The van der Waals surface area contributed by atoms with E-state index < -0.39 is 12.2 Å². The molecule has 3 aromatic rings. The second-order valence-corrected chi connectivity index (χ2v) is 5.96. The summed E-state index contributed by atoms with van der Waals surface area (Å²) >= 11 is 0. The molecule has 0 atom stereocenters. The van der Waals surface area contributed by atoms with Gasteiger partial charge in [0, 0.05) is 17.7 Å². The van der Waals surface area contributed by atoms with Gasteiger partial charge in [-0.1, -0.05) is 19.1 Å². The summed E-state index contributed by atoms with van der Waals surface area (Å²) in [6, 6.07) is 9.00. The number of alkyl halides is 3. The van der Waals surface area contributed by atoms with E-state index in [1.165, 1.54) is 35.2 Å². The van der Waals surface area contributed by atoms with Crippen molar-refractivity contribution in [2.75, 3.05) is 4.90 Å². The van der Waals surface area contributed by atoms with Crippen LogP contribution in [-0.4, -0.2) is 32.9 Å². The van der Waals surface area contributed by atoms with Crippen LogP contribution < -0.4 is 9.64 Å². The van der Waals surface area contributed by atoms with Crippen LogP contribution in [0.2, 0.25) is 0 Å². The zero-order valence-electron chi connectivity index (χ0n) is 15.1. The van der Waals surface area contributed by atoms with Gasteiger partial charge >= 0.3 is 6.36 Å². The third kappa shape index (κ3) is 5.27. The number of nitrogens with one attached hydrogen (secondary N) is 1. The van der Waals surface area contributed by atoms with Crippen molar-refractivity contribution in [3.8, 4) is 17.1 Å². The maximum absolute atomic E-state index is 14.1. The number of carbonyl (C=O) groups is 1. The summed E-state index contributed by atoms with van der Waals surface area (Å²) in [6.45, 7) is 1.67. The van der Waals surface area contributed by atoms with E-state index in [9.17, 15) is 22.4 Å². The number of amides is 1. The van der Waals surface area contributed by atoms with Gasteiger partial charge < -0.3 is 9.64 Å². The Morgan fingerprint density at radius 1 is 1.17 bits per heavy atom. The number of hydrogen-bond acceptors (Lipinski definition) is 5. The van der Waals surface area contributed by atoms with E-state index in [0.717, 1.165) is 12.1 Å². The molecule has 0 aliphatic rings. The SMILES string of the molecule is CCC(=O)N(Cc1ccc(OC(F)(F)F)cc1)c1cc(F)cc(-c2nn[nH]n2)c1. The number of aromatic nitrogens is 4. The molecule has 1 amide bonds. The number of H-pyrrole nitrogens is 1. The lowest BCUT2D eigenvalue weighted by atomic mass is 10.1. The third-order valence-electron chi connectivity index (χ3n) is 3.90. The molecule has 3 rings (SSSR count). The molecule has 1 aromatic heterocycles. The molecule has 152 valence electrons. The van der Waals surface area contributed by atoms with E-state index in [4.69, 9.17) is 0 Å². The second-order valence-electron chi connectivity index (χ2n) is 5.96. The monoisotopic (exact) mass is 409 g/mol. The Morgan fingerprint density at radius 3 is 2.48 bits per heavy atom. The summed E-state index contributed by atoms with van der Waals surface area (Å²) in [7, 11) is 0. The minimum atomic E-state index is -4.79. The Hall–Kier alpha value is -3.50. The summed E-state index contributed by atoms with van der Waals surface area (Å²) in [5.74, 6) is -1.13. The molecule has 11 heteroatoms. The number of tetrazole rings is 1. The number of aromatic amines is 1. The topological polar surface area (TPSA) is 84.0 Å². The van der Waals surface area contributed by atoms with Crippen LogP contribution >= 0.6 is 0 Å². The quantitative estimate of drug-likeness (QED) is 0.626. The molecule has 1 heterocycles. The van der Waals surface area contributed by atoms with E-state index in [2.05, 4.69) is 25.4 Å². The van der Waals surface area contributed by atoms with Crippen LogP contribution in [0, 0.1) is 5.82 Å². The molecular weight excluding hydrogens is 394 g/mol. The van der Waals surface area contributed by atoms with Gasteiger partial charge in [-0.05, 0) is 41.1 Å². The molecule has 2 aromatic carbocycles. The van der Waals surface area contributed by atoms with E-state index >= 15 is 0 Å². The van der Waals surface area contributed by atoms with Gasteiger partial charge in [-0.15, -0.1) is 23.4 Å². The van der Waals surface area contributed by atoms with Crippen molar-refractivity contribution in [2.24, 2.45) is 0 Å². The van der Waals surface area contributed by atoms with Crippen LogP contribution in [0.4, 0.5) is 23.2 Å². The van der Waals surface area contributed by atoms with Gasteiger partial charge in [0.25, 0.3) is 0 Å². The highest BCUT2D eigenvalue weighted by Crippen LogP contribution is 2.27. The van der Waals surface area contributed by atoms with E-state index in [1.54, 1.807) is 6.92 Å². The third-order valence-corrected chi connectivity index (χ3v) is 3.90. The number of halogens is 4. The van der Waals surface area contributed by atoms with E-state index in [1.807, 2.05) is 0 Å². The first kappa shape index (κ1) is 20.2. The molecular formula is C18H15F4N5O2. The van der Waals surface area contributed by atoms with Gasteiger partial charge in [-0.3, -0.25) is 4.79 Å². The molecule has 7 nitrogen and oxygen atoms in total. The van der Waals surface area contributed by atoms with Gasteiger partial charge in [0.15, 0.2) is 0 Å².